The van der Waals surface area contributed by atoms with E-state index in [1.54, 1.807) is 6.20 Å². The van der Waals surface area contributed by atoms with Crippen molar-refractivity contribution in [3.05, 3.63) is 73.4 Å². The third kappa shape index (κ3) is 5.48. The van der Waals surface area contributed by atoms with Crippen LogP contribution >= 0.6 is 0 Å². The number of nitrogens with one attached hydrogen (secondary N) is 2. The molecule has 2 aliphatic heterocycles. The predicted octanol–water partition coefficient (Wildman–Crippen LogP) is 4.41. The molecule has 206 valence electrons. The topological polar surface area (TPSA) is 94.4 Å². The van der Waals surface area contributed by atoms with E-state index in [2.05, 4.69) is 67.9 Å². The van der Waals surface area contributed by atoms with Gasteiger partial charge in [0.2, 0.25) is 17.8 Å². The molecule has 2 aromatic carbocycles. The van der Waals surface area contributed by atoms with E-state index in [1.165, 1.54) is 11.8 Å². The van der Waals surface area contributed by atoms with Gasteiger partial charge in [0, 0.05) is 56.3 Å². The number of carbonyl (C=O) groups is 1. The van der Waals surface area contributed by atoms with Gasteiger partial charge in [0.15, 0.2) is 5.65 Å². The number of nitrogens with zero attached hydrogens (tertiary/aromatic N) is 7. The Morgan fingerprint density at radius 2 is 1.70 bits per heavy atom. The summed E-state index contributed by atoms with van der Waals surface area (Å²) >= 11 is 0. The van der Waals surface area contributed by atoms with Gasteiger partial charge in [-0.3, -0.25) is 9.36 Å². The third-order valence-electron chi connectivity index (χ3n) is 7.70. The highest BCUT2D eigenvalue weighted by molar-refractivity contribution is 5.87. The van der Waals surface area contributed by atoms with Crippen LogP contribution in [-0.4, -0.2) is 81.5 Å². The molecule has 2 aliphatic rings. The van der Waals surface area contributed by atoms with E-state index in [0.717, 1.165) is 62.6 Å². The van der Waals surface area contributed by atoms with E-state index in [9.17, 15) is 4.79 Å². The van der Waals surface area contributed by atoms with Crippen LogP contribution in [0.25, 0.3) is 11.2 Å². The first-order valence-electron chi connectivity index (χ1n) is 13.9. The number of hydrogen-bond acceptors (Lipinski definition) is 8. The molecule has 0 aliphatic carbocycles. The van der Waals surface area contributed by atoms with Crippen LogP contribution in [0.2, 0.25) is 0 Å². The van der Waals surface area contributed by atoms with Crippen LogP contribution in [0.5, 0.6) is 0 Å². The van der Waals surface area contributed by atoms with Crippen molar-refractivity contribution in [2.24, 2.45) is 0 Å². The Morgan fingerprint density at radius 1 is 0.950 bits per heavy atom. The van der Waals surface area contributed by atoms with Crippen molar-refractivity contribution in [3.8, 4) is 0 Å². The second-order valence-electron chi connectivity index (χ2n) is 10.4. The van der Waals surface area contributed by atoms with E-state index in [1.807, 2.05) is 35.2 Å². The lowest BCUT2D eigenvalue weighted by molar-refractivity contribution is -0.127. The summed E-state index contributed by atoms with van der Waals surface area (Å²) in [5, 5.41) is 6.83. The van der Waals surface area contributed by atoms with Crippen LogP contribution in [0, 0.1) is 0 Å². The number of hydrogen-bond donors (Lipinski definition) is 2. The standard InChI is InChI=1S/C30H35N9O/c1-3-27(40)38-15-7-10-25(21-38)39-28-26(34-30(39)33-22-8-5-4-6-9-22)20-31-29(35-28)32-23-11-13-24(14-12-23)37-18-16-36(2)17-19-37/h3-6,8-9,11-14,20,25H,1,7,10,15-19,21H2,2H3,(H,33,34)(H,31,32,35)/t25-/m0/s1. The quantitative estimate of drug-likeness (QED) is 0.335. The monoisotopic (exact) mass is 537 g/mol. The molecule has 1 atom stereocenters. The minimum Gasteiger partial charge on any atom is -0.369 e. The second-order valence-corrected chi connectivity index (χ2v) is 10.4. The Balaban J connectivity index is 1.29. The first-order chi connectivity index (χ1) is 19.6. The third-order valence-corrected chi connectivity index (χ3v) is 7.70. The molecule has 10 nitrogen and oxygen atoms in total. The Labute approximate surface area is 234 Å². The normalized spacial score (nSPS) is 18.1. The number of piperidine rings is 1. The van der Waals surface area contributed by atoms with Crippen LogP contribution in [-0.2, 0) is 4.79 Å². The van der Waals surface area contributed by atoms with Crippen molar-refractivity contribution >= 4 is 46.0 Å². The van der Waals surface area contributed by atoms with Crippen LogP contribution in [0.1, 0.15) is 18.9 Å². The van der Waals surface area contributed by atoms with E-state index >= 15 is 0 Å². The number of rotatable bonds is 7. The van der Waals surface area contributed by atoms with E-state index < -0.39 is 0 Å². The Morgan fingerprint density at radius 3 is 2.45 bits per heavy atom. The summed E-state index contributed by atoms with van der Waals surface area (Å²) in [4.78, 5) is 33.4. The van der Waals surface area contributed by atoms with Gasteiger partial charge >= 0.3 is 0 Å². The molecule has 2 aromatic heterocycles. The zero-order chi connectivity index (χ0) is 27.5. The van der Waals surface area contributed by atoms with E-state index in [0.29, 0.717) is 24.0 Å². The van der Waals surface area contributed by atoms with Crippen molar-refractivity contribution in [2.45, 2.75) is 18.9 Å². The van der Waals surface area contributed by atoms with Gasteiger partial charge in [-0.05, 0) is 62.4 Å². The van der Waals surface area contributed by atoms with Crippen LogP contribution in [0.15, 0.2) is 73.4 Å². The number of benzene rings is 2. The average Bonchev–Trinajstić information content (AvgIpc) is 3.35. The number of piperazine rings is 1. The van der Waals surface area contributed by atoms with Gasteiger partial charge < -0.3 is 25.3 Å². The molecule has 1 amide bonds. The summed E-state index contributed by atoms with van der Waals surface area (Å²) < 4.78 is 2.12. The first-order valence-corrected chi connectivity index (χ1v) is 13.9. The van der Waals surface area contributed by atoms with Gasteiger partial charge in [0.05, 0.1) is 12.2 Å². The summed E-state index contributed by atoms with van der Waals surface area (Å²) in [7, 11) is 2.17. The number of fused-ring (bicyclic) bond motifs is 1. The van der Waals surface area contributed by atoms with Gasteiger partial charge in [-0.15, -0.1) is 0 Å². The number of aromatic nitrogens is 4. The SMILES string of the molecule is C=CC(=O)N1CCC[C@H](n2c(Nc3ccccc3)nc3cnc(Nc4ccc(N5CCN(C)CC5)cc4)nc32)C1. The zero-order valence-electron chi connectivity index (χ0n) is 22.8. The average molecular weight is 538 g/mol. The molecule has 0 bridgehead atoms. The fourth-order valence-corrected chi connectivity index (χ4v) is 5.48. The molecule has 6 rings (SSSR count). The van der Waals surface area contributed by atoms with Crippen LogP contribution in [0.4, 0.5) is 29.0 Å². The van der Waals surface area contributed by atoms with Crippen molar-refractivity contribution < 1.29 is 4.79 Å². The molecule has 0 unspecified atom stereocenters. The number of imidazole rings is 1. The molecule has 4 heterocycles. The number of carbonyl (C=O) groups excluding carboxylic acids is 1. The van der Waals surface area contributed by atoms with Crippen molar-refractivity contribution in [1.29, 1.82) is 0 Å². The summed E-state index contributed by atoms with van der Waals surface area (Å²) in [5.74, 6) is 1.13. The van der Waals surface area contributed by atoms with Crippen molar-refractivity contribution in [3.63, 3.8) is 0 Å². The number of amides is 1. The van der Waals surface area contributed by atoms with Gasteiger partial charge in [-0.25, -0.2) is 9.97 Å². The van der Waals surface area contributed by atoms with E-state index in [4.69, 9.17) is 9.97 Å². The summed E-state index contributed by atoms with van der Waals surface area (Å²) in [6, 6.07) is 18.4. The summed E-state index contributed by atoms with van der Waals surface area (Å²) in [5.41, 5.74) is 4.50. The molecule has 0 radical (unpaired) electrons. The molecular weight excluding hydrogens is 502 g/mol. The van der Waals surface area contributed by atoms with Gasteiger partial charge in [0.1, 0.15) is 5.52 Å². The molecule has 4 aromatic rings. The van der Waals surface area contributed by atoms with Crippen LogP contribution < -0.4 is 15.5 Å². The second kappa shape index (κ2) is 11.4. The fourth-order valence-electron chi connectivity index (χ4n) is 5.48. The molecule has 0 saturated carbocycles. The molecule has 2 fully saturated rings. The smallest absolute Gasteiger partial charge is 0.246 e. The summed E-state index contributed by atoms with van der Waals surface area (Å²) in [6.45, 7) is 9.18. The Bertz CT molecular complexity index is 1480. The number of para-hydroxylation sites is 1. The molecule has 40 heavy (non-hydrogen) atoms. The molecule has 2 saturated heterocycles. The van der Waals surface area contributed by atoms with Gasteiger partial charge in [-0.1, -0.05) is 24.8 Å². The highest BCUT2D eigenvalue weighted by atomic mass is 16.2. The van der Waals surface area contributed by atoms with E-state index in [-0.39, 0.29) is 11.9 Å². The zero-order valence-corrected chi connectivity index (χ0v) is 22.8. The molecule has 0 spiro atoms. The molecular formula is C30H35N9O. The first kappa shape index (κ1) is 25.8. The maximum Gasteiger partial charge on any atom is 0.246 e. The minimum absolute atomic E-state index is 0.0134. The Kier molecular flexibility index (Phi) is 7.33. The maximum absolute atomic E-state index is 12.4. The fraction of sp³-hybridized carbons (Fsp3) is 0.333. The number of likely N-dealkylation sites (tertiary alicyclic amines) is 1. The van der Waals surface area contributed by atoms with Crippen molar-refractivity contribution in [2.75, 3.05) is 61.8 Å². The highest BCUT2D eigenvalue weighted by Crippen LogP contribution is 2.32. The minimum atomic E-state index is -0.0521. The largest absolute Gasteiger partial charge is 0.369 e. The lowest BCUT2D eigenvalue weighted by Crippen LogP contribution is -2.44. The highest BCUT2D eigenvalue weighted by Gasteiger charge is 2.28. The van der Waals surface area contributed by atoms with Gasteiger partial charge in [0.25, 0.3) is 0 Å². The summed E-state index contributed by atoms with van der Waals surface area (Å²) in [6.07, 6.45) is 4.95. The Hall–Kier alpha value is -4.44. The number of likely N-dealkylation sites (N-methyl/N-ethyl adjacent to an activating group) is 1. The maximum atomic E-state index is 12.4. The number of anilines is 5. The van der Waals surface area contributed by atoms with Crippen molar-refractivity contribution in [1.82, 2.24) is 29.3 Å². The van der Waals surface area contributed by atoms with Crippen LogP contribution in [0.3, 0.4) is 0 Å². The van der Waals surface area contributed by atoms with Gasteiger partial charge in [-0.2, -0.15) is 4.98 Å². The molecule has 10 heteroatoms. The lowest BCUT2D eigenvalue weighted by Gasteiger charge is -2.34. The lowest BCUT2D eigenvalue weighted by atomic mass is 10.1. The molecule has 2 N–H and O–H groups in total. The predicted molar refractivity (Wildman–Crippen MR) is 160 cm³/mol.